The van der Waals surface area contributed by atoms with Gasteiger partial charge >= 0.3 is 0 Å². The molecule has 0 aromatic carbocycles. The van der Waals surface area contributed by atoms with Crippen LogP contribution < -0.4 is 5.32 Å². The summed E-state index contributed by atoms with van der Waals surface area (Å²) in [4.78, 5) is 10.8. The molecule has 90 valence electrons. The molecule has 6 heteroatoms. The molecule has 0 aliphatic carbocycles. The Morgan fingerprint density at radius 3 is 3.12 bits per heavy atom. The van der Waals surface area contributed by atoms with E-state index in [2.05, 4.69) is 10.5 Å². The number of aryl methyl sites for hydroxylation is 1. The molecule has 0 aliphatic rings. The normalized spacial score (nSPS) is 10.4. The van der Waals surface area contributed by atoms with Crippen LogP contribution in [0.5, 0.6) is 0 Å². The van der Waals surface area contributed by atoms with Gasteiger partial charge in [-0.3, -0.25) is 4.79 Å². The van der Waals surface area contributed by atoms with Crippen LogP contribution in [-0.2, 0) is 22.6 Å². The lowest BCUT2D eigenvalue weighted by molar-refractivity contribution is -0.118. The zero-order valence-electron chi connectivity index (χ0n) is 9.16. The van der Waals surface area contributed by atoms with Crippen molar-refractivity contribution in [1.82, 2.24) is 10.5 Å². The van der Waals surface area contributed by atoms with Gasteiger partial charge in [0.15, 0.2) is 5.76 Å². The SMILES string of the molecule is CCc1cc(COCCNC(=O)CCl)on1. The number of carbonyl (C=O) groups excluding carboxylic acids is 1. The quantitative estimate of drug-likeness (QED) is 0.578. The zero-order valence-corrected chi connectivity index (χ0v) is 9.92. The number of alkyl halides is 1. The second-order valence-corrected chi connectivity index (χ2v) is 3.44. The van der Waals surface area contributed by atoms with Crippen molar-refractivity contribution in [2.75, 3.05) is 19.0 Å². The van der Waals surface area contributed by atoms with Crippen LogP contribution in [0.15, 0.2) is 10.6 Å². The number of carbonyl (C=O) groups is 1. The van der Waals surface area contributed by atoms with E-state index in [-0.39, 0.29) is 11.8 Å². The molecule has 0 radical (unpaired) electrons. The average Bonchev–Trinajstić information content (AvgIpc) is 2.76. The first-order valence-electron chi connectivity index (χ1n) is 5.11. The minimum atomic E-state index is -0.196. The molecule has 0 spiro atoms. The Kier molecular flexibility index (Phi) is 5.88. The monoisotopic (exact) mass is 246 g/mol. The van der Waals surface area contributed by atoms with Crippen LogP contribution in [0.25, 0.3) is 0 Å². The number of aromatic nitrogens is 1. The van der Waals surface area contributed by atoms with Gasteiger partial charge in [0.25, 0.3) is 0 Å². The lowest BCUT2D eigenvalue weighted by atomic mass is 10.3. The maximum Gasteiger partial charge on any atom is 0.235 e. The number of rotatable bonds is 7. The highest BCUT2D eigenvalue weighted by molar-refractivity contribution is 6.27. The van der Waals surface area contributed by atoms with Crippen LogP contribution >= 0.6 is 11.6 Å². The first kappa shape index (κ1) is 13.0. The van der Waals surface area contributed by atoms with Crippen LogP contribution in [0.2, 0.25) is 0 Å². The third kappa shape index (κ3) is 4.63. The third-order valence-electron chi connectivity index (χ3n) is 1.90. The Hall–Kier alpha value is -1.07. The summed E-state index contributed by atoms with van der Waals surface area (Å²) in [6.45, 7) is 3.24. The van der Waals surface area contributed by atoms with Crippen LogP contribution in [0.3, 0.4) is 0 Å². The molecule has 16 heavy (non-hydrogen) atoms. The van der Waals surface area contributed by atoms with E-state index in [0.717, 1.165) is 12.1 Å². The van der Waals surface area contributed by atoms with Crippen molar-refractivity contribution in [3.8, 4) is 0 Å². The summed E-state index contributed by atoms with van der Waals surface area (Å²) in [5.41, 5.74) is 0.911. The van der Waals surface area contributed by atoms with Crippen molar-refractivity contribution in [2.45, 2.75) is 20.0 Å². The molecule has 1 aromatic heterocycles. The van der Waals surface area contributed by atoms with Crippen LogP contribution in [0.1, 0.15) is 18.4 Å². The number of nitrogens with one attached hydrogen (secondary N) is 1. The highest BCUT2D eigenvalue weighted by atomic mass is 35.5. The fourth-order valence-electron chi connectivity index (χ4n) is 1.07. The van der Waals surface area contributed by atoms with Gasteiger partial charge in [0.1, 0.15) is 12.5 Å². The van der Waals surface area contributed by atoms with Crippen molar-refractivity contribution in [2.24, 2.45) is 0 Å². The summed E-state index contributed by atoms with van der Waals surface area (Å²) in [5, 5.41) is 6.43. The molecule has 5 nitrogen and oxygen atoms in total. The molecule has 0 unspecified atom stereocenters. The average molecular weight is 247 g/mol. The number of amides is 1. The van der Waals surface area contributed by atoms with E-state index in [0.29, 0.717) is 25.5 Å². The molecule has 0 bridgehead atoms. The van der Waals surface area contributed by atoms with E-state index < -0.39 is 0 Å². The maximum absolute atomic E-state index is 10.8. The number of nitrogens with zero attached hydrogens (tertiary/aromatic N) is 1. The van der Waals surface area contributed by atoms with Crippen LogP contribution in [0.4, 0.5) is 0 Å². The summed E-state index contributed by atoms with van der Waals surface area (Å²) in [6, 6.07) is 1.86. The van der Waals surface area contributed by atoms with Gasteiger partial charge in [0, 0.05) is 12.6 Å². The summed E-state index contributed by atoms with van der Waals surface area (Å²) in [5.74, 6) is 0.473. The minimum absolute atomic E-state index is 0.0258. The lowest BCUT2D eigenvalue weighted by Gasteiger charge is -2.02. The van der Waals surface area contributed by atoms with Gasteiger partial charge in [0.2, 0.25) is 5.91 Å². The minimum Gasteiger partial charge on any atom is -0.372 e. The standard InChI is InChI=1S/C10H15ClN2O3/c1-2-8-5-9(16-13-8)7-15-4-3-12-10(14)6-11/h5H,2-4,6-7H2,1H3,(H,12,14). The maximum atomic E-state index is 10.8. The summed E-state index contributed by atoms with van der Waals surface area (Å²) >= 11 is 5.30. The predicted molar refractivity (Wildman–Crippen MR) is 59.3 cm³/mol. The molecule has 1 N–H and O–H groups in total. The second kappa shape index (κ2) is 7.24. The van der Waals surface area contributed by atoms with E-state index in [1.807, 2.05) is 13.0 Å². The van der Waals surface area contributed by atoms with E-state index in [1.165, 1.54) is 0 Å². The van der Waals surface area contributed by atoms with Gasteiger partial charge in [-0.25, -0.2) is 0 Å². The molecule has 0 fully saturated rings. The number of hydrogen-bond donors (Lipinski definition) is 1. The van der Waals surface area contributed by atoms with Gasteiger partial charge in [-0.05, 0) is 6.42 Å². The smallest absolute Gasteiger partial charge is 0.235 e. The fourth-order valence-corrected chi connectivity index (χ4v) is 1.17. The molecule has 0 aliphatic heterocycles. The Balaban J connectivity index is 2.09. The number of ether oxygens (including phenoxy) is 1. The van der Waals surface area contributed by atoms with E-state index in [4.69, 9.17) is 20.9 Å². The topological polar surface area (TPSA) is 64.4 Å². The molecule has 0 saturated carbocycles. The first-order chi connectivity index (χ1) is 7.76. The van der Waals surface area contributed by atoms with Crippen molar-refractivity contribution in [3.63, 3.8) is 0 Å². The largest absolute Gasteiger partial charge is 0.372 e. The van der Waals surface area contributed by atoms with Crippen molar-refractivity contribution in [1.29, 1.82) is 0 Å². The van der Waals surface area contributed by atoms with Gasteiger partial charge in [-0.15, -0.1) is 11.6 Å². The Bertz CT molecular complexity index is 328. The zero-order chi connectivity index (χ0) is 11.8. The molecule has 0 atom stereocenters. The number of halogens is 1. The van der Waals surface area contributed by atoms with Crippen molar-refractivity contribution >= 4 is 17.5 Å². The highest BCUT2D eigenvalue weighted by Gasteiger charge is 2.02. The van der Waals surface area contributed by atoms with E-state index >= 15 is 0 Å². The Morgan fingerprint density at radius 2 is 2.50 bits per heavy atom. The van der Waals surface area contributed by atoms with Crippen molar-refractivity contribution < 1.29 is 14.1 Å². The van der Waals surface area contributed by atoms with Crippen molar-refractivity contribution in [3.05, 3.63) is 17.5 Å². The number of hydrogen-bond acceptors (Lipinski definition) is 4. The molecule has 1 heterocycles. The molecular weight excluding hydrogens is 232 g/mol. The molecule has 1 rings (SSSR count). The lowest BCUT2D eigenvalue weighted by Crippen LogP contribution is -2.27. The van der Waals surface area contributed by atoms with Gasteiger partial charge in [-0.1, -0.05) is 12.1 Å². The third-order valence-corrected chi connectivity index (χ3v) is 2.15. The fraction of sp³-hybridized carbons (Fsp3) is 0.600. The summed E-state index contributed by atoms with van der Waals surface area (Å²) in [7, 11) is 0. The summed E-state index contributed by atoms with van der Waals surface area (Å²) in [6.07, 6.45) is 0.843. The second-order valence-electron chi connectivity index (χ2n) is 3.17. The Morgan fingerprint density at radius 1 is 1.69 bits per heavy atom. The highest BCUT2D eigenvalue weighted by Crippen LogP contribution is 2.05. The molecule has 1 amide bonds. The van der Waals surface area contributed by atoms with E-state index in [1.54, 1.807) is 0 Å². The Labute approximate surface area is 99.1 Å². The molecule has 0 saturated heterocycles. The van der Waals surface area contributed by atoms with Gasteiger partial charge in [0.05, 0.1) is 12.3 Å². The van der Waals surface area contributed by atoms with Crippen LogP contribution in [0, 0.1) is 0 Å². The first-order valence-corrected chi connectivity index (χ1v) is 5.64. The summed E-state index contributed by atoms with van der Waals surface area (Å²) < 4.78 is 10.3. The molecule has 1 aromatic rings. The van der Waals surface area contributed by atoms with E-state index in [9.17, 15) is 4.79 Å². The van der Waals surface area contributed by atoms with Gasteiger partial charge < -0.3 is 14.6 Å². The van der Waals surface area contributed by atoms with Crippen LogP contribution in [-0.4, -0.2) is 30.1 Å². The van der Waals surface area contributed by atoms with Gasteiger partial charge in [-0.2, -0.15) is 0 Å². The predicted octanol–water partition coefficient (Wildman–Crippen LogP) is 1.11. The molecular formula is C10H15ClN2O3.